The van der Waals surface area contributed by atoms with Crippen LogP contribution in [-0.4, -0.2) is 25.2 Å². The van der Waals surface area contributed by atoms with Gasteiger partial charge in [0, 0.05) is 5.69 Å². The van der Waals surface area contributed by atoms with Crippen molar-refractivity contribution in [2.45, 2.75) is 26.8 Å². The Morgan fingerprint density at radius 3 is 2.19 bits per heavy atom. The first-order chi connectivity index (χ1) is 12.5. The monoisotopic (exact) mass is 356 g/mol. The minimum atomic E-state index is -0.382. The van der Waals surface area contributed by atoms with E-state index in [9.17, 15) is 9.59 Å². The molecule has 0 fully saturated rings. The molecule has 1 atom stereocenters. The minimum Gasteiger partial charge on any atom is -0.494 e. The molecule has 0 unspecified atom stereocenters. The molecule has 2 N–H and O–H groups in total. The minimum absolute atomic E-state index is 0.163. The second kappa shape index (κ2) is 9.46. The summed E-state index contributed by atoms with van der Waals surface area (Å²) in [7, 11) is 0. The molecule has 0 aliphatic carbocycles. The fraction of sp³-hybridized carbons (Fsp3) is 0.300. The van der Waals surface area contributed by atoms with Crippen molar-refractivity contribution in [2.24, 2.45) is 0 Å². The molecule has 6 nitrogen and oxygen atoms in total. The third-order valence-corrected chi connectivity index (χ3v) is 3.69. The SMILES string of the molecule is CCOC(=O)c1ccc(NC(=O)N[C@H](C)c2ccc(OCC)cc2)cc1. The first-order valence-corrected chi connectivity index (χ1v) is 8.61. The van der Waals surface area contributed by atoms with Crippen LogP contribution in [0.2, 0.25) is 0 Å². The fourth-order valence-corrected chi connectivity index (χ4v) is 2.37. The van der Waals surface area contributed by atoms with Gasteiger partial charge in [0.05, 0.1) is 24.8 Å². The number of carbonyl (C=O) groups is 2. The molecular weight excluding hydrogens is 332 g/mol. The van der Waals surface area contributed by atoms with Crippen molar-refractivity contribution in [3.05, 3.63) is 59.7 Å². The van der Waals surface area contributed by atoms with E-state index in [1.54, 1.807) is 31.2 Å². The lowest BCUT2D eigenvalue weighted by Crippen LogP contribution is -2.31. The summed E-state index contributed by atoms with van der Waals surface area (Å²) in [6.45, 7) is 6.53. The number of carbonyl (C=O) groups excluding carboxylic acids is 2. The van der Waals surface area contributed by atoms with E-state index in [-0.39, 0.29) is 18.0 Å². The molecule has 0 radical (unpaired) electrons. The van der Waals surface area contributed by atoms with Crippen LogP contribution in [0.3, 0.4) is 0 Å². The van der Waals surface area contributed by atoms with Gasteiger partial charge in [0.2, 0.25) is 0 Å². The molecule has 0 saturated heterocycles. The standard InChI is InChI=1S/C20H24N2O4/c1-4-25-18-12-8-15(9-13-18)14(3)21-20(24)22-17-10-6-16(7-11-17)19(23)26-5-2/h6-14H,4-5H2,1-3H3,(H2,21,22,24)/t14-/m1/s1. The Morgan fingerprint density at radius 2 is 1.62 bits per heavy atom. The molecule has 6 heteroatoms. The highest BCUT2D eigenvalue weighted by Crippen LogP contribution is 2.18. The van der Waals surface area contributed by atoms with E-state index in [0.717, 1.165) is 11.3 Å². The van der Waals surface area contributed by atoms with Crippen LogP contribution < -0.4 is 15.4 Å². The van der Waals surface area contributed by atoms with Gasteiger partial charge in [0.1, 0.15) is 5.75 Å². The van der Waals surface area contributed by atoms with Crippen LogP contribution in [0.1, 0.15) is 42.7 Å². The Bertz CT molecular complexity index is 726. The summed E-state index contributed by atoms with van der Waals surface area (Å²) in [4.78, 5) is 23.8. The third-order valence-electron chi connectivity index (χ3n) is 3.69. The quantitative estimate of drug-likeness (QED) is 0.731. The van der Waals surface area contributed by atoms with Gasteiger partial charge in [-0.05, 0) is 62.7 Å². The number of urea groups is 1. The number of amides is 2. The van der Waals surface area contributed by atoms with Crippen LogP contribution in [0.25, 0.3) is 0 Å². The van der Waals surface area contributed by atoms with Gasteiger partial charge in [-0.15, -0.1) is 0 Å². The molecule has 0 heterocycles. The number of hydrogen-bond acceptors (Lipinski definition) is 4. The highest BCUT2D eigenvalue weighted by atomic mass is 16.5. The summed E-state index contributed by atoms with van der Waals surface area (Å²) in [5, 5.41) is 5.62. The molecule has 2 aromatic rings. The summed E-state index contributed by atoms with van der Waals surface area (Å²) >= 11 is 0. The Kier molecular flexibility index (Phi) is 7.02. The number of esters is 1. The van der Waals surface area contributed by atoms with Crippen molar-refractivity contribution in [3.63, 3.8) is 0 Å². The molecule has 0 aromatic heterocycles. The molecule has 0 aliphatic rings. The van der Waals surface area contributed by atoms with Crippen LogP contribution in [0.4, 0.5) is 10.5 Å². The van der Waals surface area contributed by atoms with Crippen molar-refractivity contribution in [3.8, 4) is 5.75 Å². The van der Waals surface area contributed by atoms with Crippen molar-refractivity contribution in [1.82, 2.24) is 5.32 Å². The maximum atomic E-state index is 12.1. The smallest absolute Gasteiger partial charge is 0.338 e. The summed E-state index contributed by atoms with van der Waals surface area (Å²) in [6.07, 6.45) is 0. The van der Waals surface area contributed by atoms with E-state index >= 15 is 0 Å². The first-order valence-electron chi connectivity index (χ1n) is 8.61. The van der Waals surface area contributed by atoms with Gasteiger partial charge in [0.15, 0.2) is 0 Å². The van der Waals surface area contributed by atoms with Crippen LogP contribution in [-0.2, 0) is 4.74 Å². The lowest BCUT2D eigenvalue weighted by atomic mass is 10.1. The fourth-order valence-electron chi connectivity index (χ4n) is 2.37. The van der Waals surface area contributed by atoms with Crippen molar-refractivity contribution >= 4 is 17.7 Å². The Hall–Kier alpha value is -3.02. The lowest BCUT2D eigenvalue weighted by molar-refractivity contribution is 0.0526. The van der Waals surface area contributed by atoms with E-state index in [2.05, 4.69) is 10.6 Å². The van der Waals surface area contributed by atoms with Crippen LogP contribution >= 0.6 is 0 Å². The molecule has 138 valence electrons. The molecular formula is C20H24N2O4. The zero-order valence-electron chi connectivity index (χ0n) is 15.2. The molecule has 0 spiro atoms. The van der Waals surface area contributed by atoms with E-state index in [0.29, 0.717) is 24.5 Å². The van der Waals surface area contributed by atoms with E-state index in [1.165, 1.54) is 0 Å². The van der Waals surface area contributed by atoms with Crippen LogP contribution in [0.5, 0.6) is 5.75 Å². The molecule has 0 bridgehead atoms. The van der Waals surface area contributed by atoms with Gasteiger partial charge < -0.3 is 20.1 Å². The number of rotatable bonds is 7. The van der Waals surface area contributed by atoms with Crippen molar-refractivity contribution in [2.75, 3.05) is 18.5 Å². The topological polar surface area (TPSA) is 76.7 Å². The highest BCUT2D eigenvalue weighted by Gasteiger charge is 2.11. The number of anilines is 1. The van der Waals surface area contributed by atoms with E-state index in [4.69, 9.17) is 9.47 Å². The van der Waals surface area contributed by atoms with E-state index in [1.807, 2.05) is 38.1 Å². The Labute approximate surface area is 153 Å². The molecule has 26 heavy (non-hydrogen) atoms. The first kappa shape index (κ1) is 19.3. The normalized spacial score (nSPS) is 11.3. The van der Waals surface area contributed by atoms with Gasteiger partial charge in [-0.2, -0.15) is 0 Å². The van der Waals surface area contributed by atoms with Gasteiger partial charge in [-0.25, -0.2) is 9.59 Å². The van der Waals surface area contributed by atoms with Gasteiger partial charge in [-0.3, -0.25) is 0 Å². The molecule has 0 saturated carbocycles. The van der Waals surface area contributed by atoms with Gasteiger partial charge in [-0.1, -0.05) is 12.1 Å². The molecule has 0 aliphatic heterocycles. The highest BCUT2D eigenvalue weighted by molar-refractivity contribution is 5.92. The number of benzene rings is 2. The number of hydrogen-bond donors (Lipinski definition) is 2. The zero-order chi connectivity index (χ0) is 18.9. The van der Waals surface area contributed by atoms with Gasteiger partial charge >= 0.3 is 12.0 Å². The third kappa shape index (κ3) is 5.51. The second-order valence-electron chi connectivity index (χ2n) is 5.62. The predicted octanol–water partition coefficient (Wildman–Crippen LogP) is 4.14. The Morgan fingerprint density at radius 1 is 0.962 bits per heavy atom. The average molecular weight is 356 g/mol. The van der Waals surface area contributed by atoms with E-state index < -0.39 is 0 Å². The van der Waals surface area contributed by atoms with Crippen LogP contribution in [0, 0.1) is 0 Å². The van der Waals surface area contributed by atoms with Crippen molar-refractivity contribution in [1.29, 1.82) is 0 Å². The number of ether oxygens (including phenoxy) is 2. The molecule has 2 amide bonds. The summed E-state index contributed by atoms with van der Waals surface area (Å²) in [5.41, 5.74) is 2.01. The summed E-state index contributed by atoms with van der Waals surface area (Å²) in [6, 6.07) is 13.7. The van der Waals surface area contributed by atoms with Crippen LogP contribution in [0.15, 0.2) is 48.5 Å². The average Bonchev–Trinajstić information content (AvgIpc) is 2.63. The molecule has 2 rings (SSSR count). The summed E-state index contributed by atoms with van der Waals surface area (Å²) in [5.74, 6) is 0.419. The predicted molar refractivity (Wildman–Crippen MR) is 101 cm³/mol. The second-order valence-corrected chi connectivity index (χ2v) is 5.62. The zero-order valence-corrected chi connectivity index (χ0v) is 15.2. The Balaban J connectivity index is 1.90. The molecule has 2 aromatic carbocycles. The van der Waals surface area contributed by atoms with Crippen molar-refractivity contribution < 1.29 is 19.1 Å². The van der Waals surface area contributed by atoms with Gasteiger partial charge in [0.25, 0.3) is 0 Å². The maximum Gasteiger partial charge on any atom is 0.338 e. The summed E-state index contributed by atoms with van der Waals surface area (Å²) < 4.78 is 10.3. The lowest BCUT2D eigenvalue weighted by Gasteiger charge is -2.16. The largest absolute Gasteiger partial charge is 0.494 e. The number of nitrogens with one attached hydrogen (secondary N) is 2. The maximum absolute atomic E-state index is 12.1.